The van der Waals surface area contributed by atoms with Crippen LogP contribution in [0.3, 0.4) is 0 Å². The molecule has 0 saturated carbocycles. The molecule has 0 aromatic heterocycles. The average Bonchev–Trinajstić information content (AvgIpc) is 2.67. The van der Waals surface area contributed by atoms with Crippen molar-refractivity contribution in [2.24, 2.45) is 5.92 Å². The van der Waals surface area contributed by atoms with Crippen LogP contribution in [0.1, 0.15) is 41.0 Å². The maximum atomic E-state index is 13.6. The van der Waals surface area contributed by atoms with E-state index < -0.39 is 29.0 Å². The molecule has 0 bridgehead atoms. The van der Waals surface area contributed by atoms with Crippen molar-refractivity contribution >= 4 is 11.8 Å². The Kier molecular flexibility index (Phi) is 7.31. The number of ether oxygens (including phenoxy) is 2. The molecule has 28 heavy (non-hydrogen) atoms. The van der Waals surface area contributed by atoms with Crippen molar-refractivity contribution in [3.05, 3.63) is 59.2 Å². The number of hydrogen-bond donors (Lipinski definition) is 2. The van der Waals surface area contributed by atoms with Gasteiger partial charge in [-0.15, -0.1) is 0 Å². The fraction of sp³-hybridized carbons (Fsp3) is 0.300. The van der Waals surface area contributed by atoms with E-state index in [0.29, 0.717) is 24.0 Å². The Hall–Kier alpha value is -3.16. The number of amides is 2. The Balaban J connectivity index is 2.01. The van der Waals surface area contributed by atoms with Gasteiger partial charge in [0.05, 0.1) is 19.3 Å². The van der Waals surface area contributed by atoms with E-state index in [1.54, 1.807) is 6.07 Å². The highest BCUT2D eigenvalue weighted by atomic mass is 19.2. The van der Waals surface area contributed by atoms with E-state index in [4.69, 9.17) is 9.47 Å². The van der Waals surface area contributed by atoms with Crippen LogP contribution in [0.4, 0.5) is 8.78 Å². The summed E-state index contributed by atoms with van der Waals surface area (Å²) in [5.74, 6) is -2.74. The molecule has 0 aliphatic carbocycles. The van der Waals surface area contributed by atoms with Crippen LogP contribution >= 0.6 is 0 Å². The second-order valence-electron chi connectivity index (χ2n) is 6.41. The zero-order valence-corrected chi connectivity index (χ0v) is 15.8. The third kappa shape index (κ3) is 5.42. The molecule has 2 amide bonds. The molecular weight excluding hydrogens is 370 g/mol. The Morgan fingerprint density at radius 1 is 1.04 bits per heavy atom. The lowest BCUT2D eigenvalue weighted by atomic mass is 10.1. The van der Waals surface area contributed by atoms with Crippen molar-refractivity contribution < 1.29 is 27.8 Å². The smallest absolute Gasteiger partial charge is 0.272 e. The number of benzene rings is 2. The normalized spacial score (nSPS) is 10.5. The number of halogens is 2. The Bertz CT molecular complexity index is 856. The fourth-order valence-corrected chi connectivity index (χ4v) is 2.26. The van der Waals surface area contributed by atoms with E-state index in [1.807, 2.05) is 5.43 Å². The van der Waals surface area contributed by atoms with E-state index in [1.165, 1.54) is 25.3 Å². The van der Waals surface area contributed by atoms with Gasteiger partial charge in [0, 0.05) is 5.56 Å². The summed E-state index contributed by atoms with van der Waals surface area (Å²) in [5.41, 5.74) is 3.86. The van der Waals surface area contributed by atoms with Crippen LogP contribution in [-0.4, -0.2) is 25.5 Å². The Morgan fingerprint density at radius 2 is 1.75 bits per heavy atom. The van der Waals surface area contributed by atoms with Crippen LogP contribution in [-0.2, 0) is 0 Å². The molecule has 2 rings (SSSR count). The van der Waals surface area contributed by atoms with E-state index in [0.717, 1.165) is 18.6 Å². The zero-order valence-electron chi connectivity index (χ0n) is 15.8. The molecule has 8 heteroatoms. The van der Waals surface area contributed by atoms with Gasteiger partial charge in [-0.3, -0.25) is 20.4 Å². The third-order valence-electron chi connectivity index (χ3n) is 3.86. The lowest BCUT2D eigenvalue weighted by Gasteiger charge is -2.13. The minimum Gasteiger partial charge on any atom is -0.493 e. The molecule has 150 valence electrons. The second-order valence-corrected chi connectivity index (χ2v) is 6.41. The van der Waals surface area contributed by atoms with Gasteiger partial charge in [0.15, 0.2) is 23.1 Å². The highest BCUT2D eigenvalue weighted by Gasteiger charge is 2.17. The van der Waals surface area contributed by atoms with Crippen molar-refractivity contribution in [3.63, 3.8) is 0 Å². The van der Waals surface area contributed by atoms with Gasteiger partial charge in [-0.2, -0.15) is 0 Å². The van der Waals surface area contributed by atoms with E-state index in [-0.39, 0.29) is 5.56 Å². The number of methoxy groups -OCH3 is 1. The maximum Gasteiger partial charge on any atom is 0.272 e. The van der Waals surface area contributed by atoms with Crippen molar-refractivity contribution in [1.29, 1.82) is 0 Å². The van der Waals surface area contributed by atoms with Gasteiger partial charge >= 0.3 is 0 Å². The predicted octanol–water partition coefficient (Wildman–Crippen LogP) is 3.47. The largest absolute Gasteiger partial charge is 0.493 e. The Labute approximate surface area is 161 Å². The van der Waals surface area contributed by atoms with E-state index in [9.17, 15) is 18.4 Å². The first-order valence-electron chi connectivity index (χ1n) is 8.69. The van der Waals surface area contributed by atoms with Gasteiger partial charge in [-0.05, 0) is 42.7 Å². The van der Waals surface area contributed by atoms with Crippen LogP contribution in [0.5, 0.6) is 11.5 Å². The third-order valence-corrected chi connectivity index (χ3v) is 3.86. The quantitative estimate of drug-likeness (QED) is 0.708. The molecule has 2 N–H and O–H groups in total. The summed E-state index contributed by atoms with van der Waals surface area (Å²) in [6.07, 6.45) is 0.869. The fourth-order valence-electron chi connectivity index (χ4n) is 2.26. The summed E-state index contributed by atoms with van der Waals surface area (Å²) >= 11 is 0. The minimum absolute atomic E-state index is 0.188. The Morgan fingerprint density at radius 3 is 2.43 bits per heavy atom. The molecule has 2 aromatic carbocycles. The SMILES string of the molecule is COc1cc(C(=O)NNC(=O)c2cccc(F)c2F)ccc1OCCC(C)C. The standard InChI is InChI=1S/C20H22F2N2O4/c1-12(2)9-10-28-16-8-7-13(11-17(16)27-3)19(25)23-24-20(26)14-5-4-6-15(21)18(14)22/h4-8,11-12H,9-10H2,1-3H3,(H,23,25)(H,24,26). The predicted molar refractivity (Wildman–Crippen MR) is 99.2 cm³/mol. The summed E-state index contributed by atoms with van der Waals surface area (Å²) in [6, 6.07) is 7.72. The van der Waals surface area contributed by atoms with Crippen molar-refractivity contribution in [1.82, 2.24) is 10.9 Å². The van der Waals surface area contributed by atoms with Gasteiger partial charge in [-0.1, -0.05) is 19.9 Å². The second kappa shape index (κ2) is 9.68. The number of carbonyl (C=O) groups excluding carboxylic acids is 2. The lowest BCUT2D eigenvalue weighted by molar-refractivity contribution is 0.0843. The highest BCUT2D eigenvalue weighted by molar-refractivity contribution is 5.99. The van der Waals surface area contributed by atoms with Crippen LogP contribution in [0.15, 0.2) is 36.4 Å². The molecule has 6 nitrogen and oxygen atoms in total. The first-order valence-corrected chi connectivity index (χ1v) is 8.69. The molecule has 0 aliphatic rings. The summed E-state index contributed by atoms with van der Waals surface area (Å²) < 4.78 is 37.7. The molecule has 0 aliphatic heterocycles. The number of rotatable bonds is 7. The summed E-state index contributed by atoms with van der Waals surface area (Å²) in [4.78, 5) is 24.2. The highest BCUT2D eigenvalue weighted by Crippen LogP contribution is 2.28. The molecule has 0 atom stereocenters. The molecule has 0 radical (unpaired) electrons. The van der Waals surface area contributed by atoms with E-state index >= 15 is 0 Å². The lowest BCUT2D eigenvalue weighted by Crippen LogP contribution is -2.42. The van der Waals surface area contributed by atoms with Crippen molar-refractivity contribution in [2.45, 2.75) is 20.3 Å². The molecule has 0 spiro atoms. The van der Waals surface area contributed by atoms with Gasteiger partial charge in [0.1, 0.15) is 0 Å². The molecule has 2 aromatic rings. The minimum atomic E-state index is -1.29. The topological polar surface area (TPSA) is 76.7 Å². The molecule has 0 heterocycles. The molecular formula is C20H22F2N2O4. The first kappa shape index (κ1) is 21.1. The first-order chi connectivity index (χ1) is 13.3. The van der Waals surface area contributed by atoms with Gasteiger partial charge in [-0.25, -0.2) is 8.78 Å². The average molecular weight is 392 g/mol. The van der Waals surface area contributed by atoms with Crippen LogP contribution in [0, 0.1) is 17.6 Å². The summed E-state index contributed by atoms with van der Waals surface area (Å²) in [6.45, 7) is 4.67. The van der Waals surface area contributed by atoms with E-state index in [2.05, 4.69) is 19.3 Å². The summed E-state index contributed by atoms with van der Waals surface area (Å²) in [7, 11) is 1.45. The number of carbonyl (C=O) groups is 2. The van der Waals surface area contributed by atoms with Crippen molar-refractivity contribution in [3.8, 4) is 11.5 Å². The molecule has 0 fully saturated rings. The van der Waals surface area contributed by atoms with Crippen molar-refractivity contribution in [2.75, 3.05) is 13.7 Å². The monoisotopic (exact) mass is 392 g/mol. The van der Waals surface area contributed by atoms with Gasteiger partial charge in [0.25, 0.3) is 11.8 Å². The number of nitrogens with one attached hydrogen (secondary N) is 2. The maximum absolute atomic E-state index is 13.6. The zero-order chi connectivity index (χ0) is 20.7. The molecule has 0 unspecified atom stereocenters. The number of hydrogen-bond acceptors (Lipinski definition) is 4. The molecule has 0 saturated heterocycles. The van der Waals surface area contributed by atoms with Crippen LogP contribution in [0.25, 0.3) is 0 Å². The van der Waals surface area contributed by atoms with Gasteiger partial charge < -0.3 is 9.47 Å². The number of hydrazine groups is 1. The van der Waals surface area contributed by atoms with Gasteiger partial charge in [0.2, 0.25) is 0 Å². The van der Waals surface area contributed by atoms with Crippen LogP contribution < -0.4 is 20.3 Å². The van der Waals surface area contributed by atoms with Crippen LogP contribution in [0.2, 0.25) is 0 Å². The summed E-state index contributed by atoms with van der Waals surface area (Å²) in [5, 5.41) is 0.